The number of rotatable bonds is 4. The Balaban J connectivity index is 1.45. The van der Waals surface area contributed by atoms with Gasteiger partial charge in [-0.1, -0.05) is 41.1 Å². The molecule has 0 unspecified atom stereocenters. The van der Waals surface area contributed by atoms with Crippen molar-refractivity contribution in [1.82, 2.24) is 9.29 Å². The topological polar surface area (TPSA) is 59.5 Å². The van der Waals surface area contributed by atoms with Crippen molar-refractivity contribution in [3.63, 3.8) is 0 Å². The number of sulfonamides is 1. The maximum Gasteiger partial charge on any atom is 0.274 e. The number of halogens is 1. The third-order valence-corrected chi connectivity index (χ3v) is 8.24. The second kappa shape index (κ2) is 7.63. The summed E-state index contributed by atoms with van der Waals surface area (Å²) in [5, 5.41) is 1.19. The first-order valence-corrected chi connectivity index (χ1v) is 11.8. The van der Waals surface area contributed by atoms with E-state index in [1.165, 1.54) is 11.3 Å². The van der Waals surface area contributed by atoms with Crippen LogP contribution >= 0.6 is 22.9 Å². The number of piperidine rings is 1. The molecule has 0 bridgehead atoms. The van der Waals surface area contributed by atoms with Crippen molar-refractivity contribution >= 4 is 43.2 Å². The minimum atomic E-state index is -3.49. The molecule has 2 heterocycles. The maximum absolute atomic E-state index is 13.0. The van der Waals surface area contributed by atoms with E-state index in [-0.39, 0.29) is 6.10 Å². The third kappa shape index (κ3) is 3.76. The molecule has 1 fully saturated rings. The highest BCUT2D eigenvalue weighted by molar-refractivity contribution is 7.89. The predicted octanol–water partition coefficient (Wildman–Crippen LogP) is 4.80. The average molecular weight is 437 g/mol. The molecule has 0 spiro atoms. The highest BCUT2D eigenvalue weighted by Crippen LogP contribution is 2.34. The standard InChI is InChI=1S/C20H21ClN2O3S2/c1-13-6-7-14(2)18(12-13)28(24,25)23-10-8-15(9-11-23)26-20-22-19-16(21)4-3-5-17(19)27-20/h3-7,12,15H,8-11H2,1-2H3. The summed E-state index contributed by atoms with van der Waals surface area (Å²) < 4.78 is 34.7. The molecule has 0 radical (unpaired) electrons. The monoisotopic (exact) mass is 436 g/mol. The summed E-state index contributed by atoms with van der Waals surface area (Å²) in [5.41, 5.74) is 2.46. The van der Waals surface area contributed by atoms with Gasteiger partial charge in [0.15, 0.2) is 0 Å². The summed E-state index contributed by atoms with van der Waals surface area (Å²) >= 11 is 7.64. The molecule has 4 rings (SSSR count). The Morgan fingerprint density at radius 3 is 2.64 bits per heavy atom. The zero-order valence-electron chi connectivity index (χ0n) is 15.7. The first-order chi connectivity index (χ1) is 13.3. The number of aryl methyl sites for hydroxylation is 2. The van der Waals surface area contributed by atoms with Crippen molar-refractivity contribution in [3.8, 4) is 5.19 Å². The Bertz CT molecular complexity index is 1120. The molecule has 0 N–H and O–H groups in total. The first-order valence-electron chi connectivity index (χ1n) is 9.14. The number of para-hydroxylation sites is 1. The number of ether oxygens (including phenoxy) is 1. The van der Waals surface area contributed by atoms with Gasteiger partial charge in [0.1, 0.15) is 11.6 Å². The third-order valence-electron chi connectivity index (χ3n) is 4.98. The van der Waals surface area contributed by atoms with Crippen LogP contribution in [0, 0.1) is 13.8 Å². The molecule has 28 heavy (non-hydrogen) atoms. The second-order valence-electron chi connectivity index (χ2n) is 7.06. The van der Waals surface area contributed by atoms with Gasteiger partial charge in [0.2, 0.25) is 10.0 Å². The molecule has 0 saturated carbocycles. The number of nitrogens with zero attached hydrogens (tertiary/aromatic N) is 2. The maximum atomic E-state index is 13.0. The fourth-order valence-corrected chi connectivity index (χ4v) is 6.36. The van der Waals surface area contributed by atoms with E-state index >= 15 is 0 Å². The zero-order valence-corrected chi connectivity index (χ0v) is 18.1. The second-order valence-corrected chi connectivity index (χ2v) is 10.4. The molecule has 8 heteroatoms. The largest absolute Gasteiger partial charge is 0.467 e. The van der Waals surface area contributed by atoms with Crippen LogP contribution in [0.15, 0.2) is 41.3 Å². The van der Waals surface area contributed by atoms with Crippen molar-refractivity contribution < 1.29 is 13.2 Å². The fourth-order valence-electron chi connectivity index (χ4n) is 3.40. The van der Waals surface area contributed by atoms with E-state index in [1.54, 1.807) is 10.4 Å². The molecule has 1 aromatic heterocycles. The summed E-state index contributed by atoms with van der Waals surface area (Å²) in [4.78, 5) is 4.87. The lowest BCUT2D eigenvalue weighted by atomic mass is 10.1. The SMILES string of the molecule is Cc1ccc(C)c(S(=O)(=O)N2CCC(Oc3nc4c(Cl)cccc4s3)CC2)c1. The van der Waals surface area contributed by atoms with Gasteiger partial charge in [-0.2, -0.15) is 4.31 Å². The van der Waals surface area contributed by atoms with Crippen molar-refractivity contribution in [2.75, 3.05) is 13.1 Å². The van der Waals surface area contributed by atoms with Gasteiger partial charge in [-0.05, 0) is 56.0 Å². The molecule has 148 valence electrons. The summed E-state index contributed by atoms with van der Waals surface area (Å²) in [5.74, 6) is 0. The zero-order chi connectivity index (χ0) is 19.9. The van der Waals surface area contributed by atoms with Gasteiger partial charge in [0.25, 0.3) is 5.19 Å². The smallest absolute Gasteiger partial charge is 0.274 e. The van der Waals surface area contributed by atoms with Crippen LogP contribution in [0.2, 0.25) is 5.02 Å². The van der Waals surface area contributed by atoms with Gasteiger partial charge < -0.3 is 4.74 Å². The van der Waals surface area contributed by atoms with Crippen molar-refractivity contribution in [1.29, 1.82) is 0 Å². The van der Waals surface area contributed by atoms with E-state index < -0.39 is 10.0 Å². The van der Waals surface area contributed by atoms with E-state index in [2.05, 4.69) is 4.98 Å². The summed E-state index contributed by atoms with van der Waals surface area (Å²) in [6.45, 7) is 4.61. The Labute approximate surface area is 174 Å². The van der Waals surface area contributed by atoms with Gasteiger partial charge in [-0.3, -0.25) is 0 Å². The molecular weight excluding hydrogens is 416 g/mol. The van der Waals surface area contributed by atoms with Crippen molar-refractivity contribution in [2.24, 2.45) is 0 Å². The van der Waals surface area contributed by atoms with E-state index in [1.807, 2.05) is 44.2 Å². The van der Waals surface area contributed by atoms with Gasteiger partial charge >= 0.3 is 0 Å². The number of thiazole rings is 1. The summed E-state index contributed by atoms with van der Waals surface area (Å²) in [6.07, 6.45) is 1.21. The fraction of sp³-hybridized carbons (Fsp3) is 0.350. The Hall–Kier alpha value is -1.67. The number of fused-ring (bicyclic) bond motifs is 1. The van der Waals surface area contributed by atoms with Crippen LogP contribution in [0.5, 0.6) is 5.19 Å². The van der Waals surface area contributed by atoms with E-state index in [0.29, 0.717) is 41.0 Å². The Morgan fingerprint density at radius 1 is 1.18 bits per heavy atom. The minimum absolute atomic E-state index is 0.0515. The van der Waals surface area contributed by atoms with Crippen LogP contribution in [0.3, 0.4) is 0 Å². The number of hydrogen-bond acceptors (Lipinski definition) is 5. The van der Waals surface area contributed by atoms with Crippen molar-refractivity contribution in [2.45, 2.75) is 37.7 Å². The highest BCUT2D eigenvalue weighted by Gasteiger charge is 2.31. The van der Waals surface area contributed by atoms with E-state index in [9.17, 15) is 8.42 Å². The minimum Gasteiger partial charge on any atom is -0.467 e. The molecule has 5 nitrogen and oxygen atoms in total. The number of benzene rings is 2. The lowest BCUT2D eigenvalue weighted by molar-refractivity contribution is 0.135. The molecule has 0 atom stereocenters. The van der Waals surface area contributed by atoms with Gasteiger partial charge in [0, 0.05) is 13.1 Å². The van der Waals surface area contributed by atoms with Crippen LogP contribution in [0.1, 0.15) is 24.0 Å². The molecule has 3 aromatic rings. The Morgan fingerprint density at radius 2 is 1.93 bits per heavy atom. The van der Waals surface area contributed by atoms with E-state index in [4.69, 9.17) is 16.3 Å². The van der Waals surface area contributed by atoms with Gasteiger partial charge in [0.05, 0.1) is 14.6 Å². The quantitative estimate of drug-likeness (QED) is 0.589. The Kier molecular flexibility index (Phi) is 5.35. The normalized spacial score (nSPS) is 16.5. The lowest BCUT2D eigenvalue weighted by Crippen LogP contribution is -2.41. The van der Waals surface area contributed by atoms with Gasteiger partial charge in [-0.25, -0.2) is 13.4 Å². The predicted molar refractivity (Wildman–Crippen MR) is 113 cm³/mol. The highest BCUT2D eigenvalue weighted by atomic mass is 35.5. The number of aromatic nitrogens is 1. The summed E-state index contributed by atoms with van der Waals surface area (Å²) in [6, 6.07) is 11.2. The van der Waals surface area contributed by atoms with Crippen LogP contribution in [-0.2, 0) is 10.0 Å². The molecular formula is C20H21ClN2O3S2. The van der Waals surface area contributed by atoms with Gasteiger partial charge in [-0.15, -0.1) is 0 Å². The summed E-state index contributed by atoms with van der Waals surface area (Å²) in [7, 11) is -3.49. The van der Waals surface area contributed by atoms with E-state index in [0.717, 1.165) is 21.3 Å². The molecule has 2 aromatic carbocycles. The first kappa shape index (κ1) is 19.6. The van der Waals surface area contributed by atoms with Crippen LogP contribution in [0.4, 0.5) is 0 Å². The lowest BCUT2D eigenvalue weighted by Gasteiger charge is -2.31. The molecule has 1 aliphatic heterocycles. The molecule has 1 saturated heterocycles. The molecule has 1 aliphatic rings. The van der Waals surface area contributed by atoms with Crippen LogP contribution < -0.4 is 4.74 Å². The molecule has 0 aliphatic carbocycles. The molecule has 0 amide bonds. The van der Waals surface area contributed by atoms with Crippen LogP contribution in [-0.4, -0.2) is 36.9 Å². The van der Waals surface area contributed by atoms with Crippen LogP contribution in [0.25, 0.3) is 10.2 Å². The average Bonchev–Trinajstić information content (AvgIpc) is 3.08. The number of hydrogen-bond donors (Lipinski definition) is 0. The van der Waals surface area contributed by atoms with Crippen molar-refractivity contribution in [3.05, 3.63) is 52.5 Å².